The summed E-state index contributed by atoms with van der Waals surface area (Å²) in [6.07, 6.45) is 3.29. The second kappa shape index (κ2) is 6.57. The molecule has 3 aromatic heterocycles. The number of fused-ring (bicyclic) bond motifs is 1. The Bertz CT molecular complexity index is 1060. The standard InChI is InChI=1S/C17H14N6O2S/c18-10-12-1-2-14(19-11-12)21-3-5-22(6-4-21)16(25)13-9-15(24)20-17-23(13)7-8-26-17/h1-2,7-9,11H,3-6H2. The Morgan fingerprint density at radius 3 is 2.73 bits per heavy atom. The fourth-order valence-electron chi connectivity index (χ4n) is 2.95. The fourth-order valence-corrected chi connectivity index (χ4v) is 3.67. The fraction of sp³-hybridized carbons (Fsp3) is 0.235. The van der Waals surface area contributed by atoms with Crippen molar-refractivity contribution in [2.45, 2.75) is 0 Å². The van der Waals surface area contributed by atoms with Crippen molar-refractivity contribution < 1.29 is 4.79 Å². The molecule has 0 N–H and O–H groups in total. The number of carbonyl (C=O) groups excluding carboxylic acids is 1. The third-order valence-corrected chi connectivity index (χ3v) is 5.06. The van der Waals surface area contributed by atoms with Gasteiger partial charge in [0.25, 0.3) is 11.5 Å². The lowest BCUT2D eigenvalue weighted by atomic mass is 10.2. The second-order valence-corrected chi connectivity index (χ2v) is 6.70. The highest BCUT2D eigenvalue weighted by atomic mass is 32.1. The molecular formula is C17H14N6O2S. The number of thiazole rings is 1. The lowest BCUT2D eigenvalue weighted by Crippen LogP contribution is -2.49. The van der Waals surface area contributed by atoms with E-state index in [2.05, 4.69) is 14.9 Å². The van der Waals surface area contributed by atoms with Gasteiger partial charge in [0.2, 0.25) is 0 Å². The Hall–Kier alpha value is -3.25. The van der Waals surface area contributed by atoms with Gasteiger partial charge in [-0.3, -0.25) is 14.0 Å². The zero-order chi connectivity index (χ0) is 18.1. The van der Waals surface area contributed by atoms with Gasteiger partial charge in [-0.05, 0) is 12.1 Å². The van der Waals surface area contributed by atoms with Crippen LogP contribution in [0.4, 0.5) is 5.82 Å². The molecule has 3 aromatic rings. The van der Waals surface area contributed by atoms with Crippen LogP contribution in [0, 0.1) is 11.3 Å². The summed E-state index contributed by atoms with van der Waals surface area (Å²) in [5.74, 6) is 0.613. The molecule has 8 nitrogen and oxygen atoms in total. The van der Waals surface area contributed by atoms with Crippen LogP contribution in [0.25, 0.3) is 4.96 Å². The van der Waals surface area contributed by atoms with Gasteiger partial charge in [0.15, 0.2) is 4.96 Å². The Morgan fingerprint density at radius 2 is 2.04 bits per heavy atom. The summed E-state index contributed by atoms with van der Waals surface area (Å²) < 4.78 is 1.66. The molecule has 0 bridgehead atoms. The topological polar surface area (TPSA) is 94.6 Å². The maximum atomic E-state index is 12.9. The molecule has 0 saturated carbocycles. The normalized spacial score (nSPS) is 14.4. The predicted octanol–water partition coefficient (Wildman–Crippen LogP) is 0.985. The zero-order valence-electron chi connectivity index (χ0n) is 13.7. The molecule has 0 atom stereocenters. The zero-order valence-corrected chi connectivity index (χ0v) is 14.5. The first-order valence-corrected chi connectivity index (χ1v) is 8.91. The molecule has 1 fully saturated rings. The summed E-state index contributed by atoms with van der Waals surface area (Å²) in [6, 6.07) is 6.88. The molecule has 1 amide bonds. The maximum Gasteiger partial charge on any atom is 0.274 e. The summed E-state index contributed by atoms with van der Waals surface area (Å²) in [7, 11) is 0. The van der Waals surface area contributed by atoms with Crippen molar-refractivity contribution >= 4 is 28.0 Å². The van der Waals surface area contributed by atoms with Gasteiger partial charge >= 0.3 is 0 Å². The van der Waals surface area contributed by atoms with Gasteiger partial charge in [-0.15, -0.1) is 11.3 Å². The van der Waals surface area contributed by atoms with Crippen LogP contribution >= 0.6 is 11.3 Å². The van der Waals surface area contributed by atoms with Gasteiger partial charge in [-0.2, -0.15) is 10.2 Å². The lowest BCUT2D eigenvalue weighted by Gasteiger charge is -2.35. The summed E-state index contributed by atoms with van der Waals surface area (Å²) in [5, 5.41) is 10.6. The number of amides is 1. The molecule has 1 saturated heterocycles. The maximum absolute atomic E-state index is 12.9. The van der Waals surface area contributed by atoms with Crippen molar-refractivity contribution in [3.05, 3.63) is 57.6 Å². The minimum absolute atomic E-state index is 0.176. The van der Waals surface area contributed by atoms with Crippen LogP contribution in [0.3, 0.4) is 0 Å². The molecule has 26 heavy (non-hydrogen) atoms. The van der Waals surface area contributed by atoms with Crippen LogP contribution in [0.15, 0.2) is 40.8 Å². The largest absolute Gasteiger partial charge is 0.353 e. The van der Waals surface area contributed by atoms with E-state index in [0.717, 1.165) is 5.82 Å². The highest BCUT2D eigenvalue weighted by molar-refractivity contribution is 7.15. The van der Waals surface area contributed by atoms with E-state index in [4.69, 9.17) is 5.26 Å². The van der Waals surface area contributed by atoms with Gasteiger partial charge in [-0.25, -0.2) is 4.98 Å². The van der Waals surface area contributed by atoms with Gasteiger partial charge in [0.1, 0.15) is 17.6 Å². The van der Waals surface area contributed by atoms with Crippen LogP contribution in [-0.4, -0.2) is 51.4 Å². The summed E-state index contributed by atoms with van der Waals surface area (Å²) in [5.41, 5.74) is 0.452. The van der Waals surface area contributed by atoms with E-state index in [1.165, 1.54) is 17.4 Å². The number of aromatic nitrogens is 3. The highest BCUT2D eigenvalue weighted by Gasteiger charge is 2.25. The Kier molecular flexibility index (Phi) is 4.10. The van der Waals surface area contributed by atoms with E-state index in [0.29, 0.717) is 42.4 Å². The molecule has 0 aliphatic carbocycles. The van der Waals surface area contributed by atoms with Gasteiger partial charge in [0, 0.05) is 50.0 Å². The molecule has 1 aliphatic heterocycles. The number of nitrogens with zero attached hydrogens (tertiary/aromatic N) is 6. The average Bonchev–Trinajstić information content (AvgIpc) is 3.15. The quantitative estimate of drug-likeness (QED) is 0.671. The van der Waals surface area contributed by atoms with E-state index < -0.39 is 5.56 Å². The second-order valence-electron chi connectivity index (χ2n) is 5.83. The smallest absolute Gasteiger partial charge is 0.274 e. The first-order valence-electron chi connectivity index (χ1n) is 8.03. The third-order valence-electron chi connectivity index (χ3n) is 4.30. The van der Waals surface area contributed by atoms with Crippen LogP contribution in [0.2, 0.25) is 0 Å². The minimum Gasteiger partial charge on any atom is -0.353 e. The van der Waals surface area contributed by atoms with Crippen molar-refractivity contribution in [2.24, 2.45) is 0 Å². The number of hydrogen-bond donors (Lipinski definition) is 0. The monoisotopic (exact) mass is 366 g/mol. The molecule has 0 spiro atoms. The number of piperazine rings is 1. The molecule has 4 heterocycles. The molecule has 9 heteroatoms. The predicted molar refractivity (Wildman–Crippen MR) is 96.4 cm³/mol. The molecule has 0 aromatic carbocycles. The van der Waals surface area contributed by atoms with E-state index >= 15 is 0 Å². The first-order chi connectivity index (χ1) is 12.7. The van der Waals surface area contributed by atoms with Crippen molar-refractivity contribution in [1.29, 1.82) is 5.26 Å². The average molecular weight is 366 g/mol. The Balaban J connectivity index is 1.50. The minimum atomic E-state index is -0.406. The number of rotatable bonds is 2. The Morgan fingerprint density at radius 1 is 1.23 bits per heavy atom. The van der Waals surface area contributed by atoms with E-state index in [-0.39, 0.29) is 5.91 Å². The summed E-state index contributed by atoms with van der Waals surface area (Å²) in [4.78, 5) is 37.1. The third kappa shape index (κ3) is 2.91. The van der Waals surface area contributed by atoms with Crippen molar-refractivity contribution in [1.82, 2.24) is 19.3 Å². The van der Waals surface area contributed by atoms with E-state index in [1.54, 1.807) is 33.1 Å². The van der Waals surface area contributed by atoms with Crippen LogP contribution in [0.1, 0.15) is 16.1 Å². The number of nitriles is 1. The van der Waals surface area contributed by atoms with Gasteiger partial charge < -0.3 is 9.80 Å². The van der Waals surface area contributed by atoms with E-state index in [1.807, 2.05) is 12.1 Å². The first kappa shape index (κ1) is 16.2. The summed E-state index contributed by atoms with van der Waals surface area (Å²) in [6.45, 7) is 2.33. The summed E-state index contributed by atoms with van der Waals surface area (Å²) >= 11 is 1.32. The van der Waals surface area contributed by atoms with E-state index in [9.17, 15) is 9.59 Å². The van der Waals surface area contributed by atoms with Crippen LogP contribution < -0.4 is 10.5 Å². The lowest BCUT2D eigenvalue weighted by molar-refractivity contribution is 0.0739. The molecule has 130 valence electrons. The van der Waals surface area contributed by atoms with Crippen molar-refractivity contribution in [3.8, 4) is 6.07 Å². The molecule has 0 radical (unpaired) electrons. The number of hydrogen-bond acceptors (Lipinski definition) is 7. The SMILES string of the molecule is N#Cc1ccc(N2CCN(C(=O)c3cc(=O)nc4sccn34)CC2)nc1. The molecule has 1 aliphatic rings. The molecule has 4 rings (SSSR count). The highest BCUT2D eigenvalue weighted by Crippen LogP contribution is 2.16. The van der Waals surface area contributed by atoms with Gasteiger partial charge in [-0.1, -0.05) is 0 Å². The van der Waals surface area contributed by atoms with Crippen LogP contribution in [0.5, 0.6) is 0 Å². The van der Waals surface area contributed by atoms with Crippen LogP contribution in [-0.2, 0) is 0 Å². The molecular weight excluding hydrogens is 352 g/mol. The molecule has 0 unspecified atom stereocenters. The number of pyridine rings is 1. The Labute approximate surface area is 152 Å². The van der Waals surface area contributed by atoms with Crippen molar-refractivity contribution in [2.75, 3.05) is 31.1 Å². The number of carbonyl (C=O) groups is 1. The van der Waals surface area contributed by atoms with Gasteiger partial charge in [0.05, 0.1) is 5.56 Å². The van der Waals surface area contributed by atoms with Crippen molar-refractivity contribution in [3.63, 3.8) is 0 Å². The number of anilines is 1.